The predicted molar refractivity (Wildman–Crippen MR) is 78.7 cm³/mol. The van der Waals surface area contributed by atoms with Crippen molar-refractivity contribution in [2.45, 2.75) is 52.0 Å². The first kappa shape index (κ1) is 14.5. The van der Waals surface area contributed by atoms with E-state index in [1.54, 1.807) is 11.3 Å². The first-order valence-electron chi connectivity index (χ1n) is 7.15. The summed E-state index contributed by atoms with van der Waals surface area (Å²) in [5.41, 5.74) is 1.22. The summed E-state index contributed by atoms with van der Waals surface area (Å²) in [5.74, 6) is 0.504. The van der Waals surface area contributed by atoms with Crippen LogP contribution in [0.1, 0.15) is 52.7 Å². The summed E-state index contributed by atoms with van der Waals surface area (Å²) in [5, 5.41) is 12.2. The van der Waals surface area contributed by atoms with Crippen LogP contribution in [0.3, 0.4) is 0 Å². The molecule has 1 fully saturated rings. The molecule has 0 spiro atoms. The molecule has 1 aliphatic carbocycles. The Morgan fingerprint density at radius 2 is 2.11 bits per heavy atom. The third-order valence-electron chi connectivity index (χ3n) is 4.01. The van der Waals surface area contributed by atoms with E-state index in [4.69, 9.17) is 5.11 Å². The summed E-state index contributed by atoms with van der Waals surface area (Å²) < 4.78 is 0. The van der Waals surface area contributed by atoms with Crippen molar-refractivity contribution in [1.82, 2.24) is 5.32 Å². The van der Waals surface area contributed by atoms with Crippen LogP contribution in [0.5, 0.6) is 0 Å². The van der Waals surface area contributed by atoms with Gasteiger partial charge in [0, 0.05) is 17.5 Å². The molecule has 1 heterocycles. The number of hydrogen-bond acceptors (Lipinski definition) is 3. The van der Waals surface area contributed by atoms with Crippen molar-refractivity contribution in [2.75, 3.05) is 6.61 Å². The van der Waals surface area contributed by atoms with Gasteiger partial charge < -0.3 is 10.4 Å². The fourth-order valence-corrected chi connectivity index (χ4v) is 3.75. The highest BCUT2D eigenvalue weighted by Crippen LogP contribution is 2.25. The lowest BCUT2D eigenvalue weighted by Gasteiger charge is -2.27. The number of carbonyl (C=O) groups excluding carboxylic acids is 1. The molecule has 0 saturated heterocycles. The number of aryl methyl sites for hydroxylation is 2. The summed E-state index contributed by atoms with van der Waals surface area (Å²) in [4.78, 5) is 14.3. The van der Waals surface area contributed by atoms with Gasteiger partial charge in [-0.2, -0.15) is 0 Å². The Hall–Kier alpha value is -0.870. The van der Waals surface area contributed by atoms with Crippen molar-refractivity contribution in [3.05, 3.63) is 21.4 Å². The Kier molecular flexibility index (Phi) is 4.99. The second-order valence-corrected chi connectivity index (χ2v) is 6.58. The van der Waals surface area contributed by atoms with E-state index in [0.29, 0.717) is 5.92 Å². The van der Waals surface area contributed by atoms with Crippen LogP contribution in [-0.2, 0) is 6.42 Å². The van der Waals surface area contributed by atoms with Crippen LogP contribution < -0.4 is 5.32 Å². The molecule has 0 unspecified atom stereocenters. The molecule has 1 saturated carbocycles. The SMILES string of the molecule is CCc1sc(C(=O)NC2CCC(CO)CC2)cc1C. The van der Waals surface area contributed by atoms with Crippen molar-refractivity contribution in [3.8, 4) is 0 Å². The van der Waals surface area contributed by atoms with Crippen molar-refractivity contribution in [3.63, 3.8) is 0 Å². The van der Waals surface area contributed by atoms with Crippen LogP contribution in [0.4, 0.5) is 0 Å². The van der Waals surface area contributed by atoms with Gasteiger partial charge in [0.05, 0.1) is 4.88 Å². The maximum absolute atomic E-state index is 12.2. The van der Waals surface area contributed by atoms with Crippen LogP contribution in [-0.4, -0.2) is 23.7 Å². The zero-order valence-electron chi connectivity index (χ0n) is 11.7. The molecular weight excluding hydrogens is 258 g/mol. The minimum atomic E-state index is 0.0697. The molecule has 0 bridgehead atoms. The number of nitrogens with one attached hydrogen (secondary N) is 1. The van der Waals surface area contributed by atoms with Crippen molar-refractivity contribution in [2.24, 2.45) is 5.92 Å². The van der Waals surface area contributed by atoms with Gasteiger partial charge in [0.15, 0.2) is 0 Å². The average molecular weight is 281 g/mol. The number of amides is 1. The van der Waals surface area contributed by atoms with Gasteiger partial charge in [-0.25, -0.2) is 0 Å². The third-order valence-corrected chi connectivity index (χ3v) is 5.39. The fraction of sp³-hybridized carbons (Fsp3) is 0.667. The summed E-state index contributed by atoms with van der Waals surface area (Å²) in [6, 6.07) is 2.28. The Labute approximate surface area is 119 Å². The highest BCUT2D eigenvalue weighted by molar-refractivity contribution is 7.14. The van der Waals surface area contributed by atoms with E-state index in [9.17, 15) is 4.79 Å². The van der Waals surface area contributed by atoms with Gasteiger partial charge >= 0.3 is 0 Å². The molecular formula is C15H23NO2S. The van der Waals surface area contributed by atoms with Crippen LogP contribution in [0, 0.1) is 12.8 Å². The van der Waals surface area contributed by atoms with E-state index in [1.807, 2.05) is 6.07 Å². The molecule has 2 rings (SSSR count). The van der Waals surface area contributed by atoms with Gasteiger partial charge in [-0.05, 0) is 56.6 Å². The molecule has 1 aromatic rings. The minimum Gasteiger partial charge on any atom is -0.396 e. The second-order valence-electron chi connectivity index (χ2n) is 5.44. The maximum atomic E-state index is 12.2. The zero-order valence-corrected chi connectivity index (χ0v) is 12.6. The number of carbonyl (C=O) groups is 1. The van der Waals surface area contributed by atoms with E-state index in [1.165, 1.54) is 10.4 Å². The lowest BCUT2D eigenvalue weighted by molar-refractivity contribution is 0.0918. The lowest BCUT2D eigenvalue weighted by atomic mass is 9.86. The number of aliphatic hydroxyl groups excluding tert-OH is 1. The van der Waals surface area contributed by atoms with Gasteiger partial charge in [-0.15, -0.1) is 11.3 Å². The standard InChI is InChI=1S/C15H23NO2S/c1-3-13-10(2)8-14(19-13)15(18)16-12-6-4-11(9-17)5-7-12/h8,11-12,17H,3-7,9H2,1-2H3,(H,16,18). The number of rotatable bonds is 4. The molecule has 2 N–H and O–H groups in total. The molecule has 0 aromatic carbocycles. The molecule has 4 heteroatoms. The monoisotopic (exact) mass is 281 g/mol. The largest absolute Gasteiger partial charge is 0.396 e. The summed E-state index contributed by atoms with van der Waals surface area (Å²) in [7, 11) is 0. The van der Waals surface area contributed by atoms with E-state index in [2.05, 4.69) is 19.2 Å². The van der Waals surface area contributed by atoms with Gasteiger partial charge in [0.2, 0.25) is 0 Å². The number of aliphatic hydroxyl groups is 1. The van der Waals surface area contributed by atoms with Gasteiger partial charge in [0.25, 0.3) is 5.91 Å². The highest BCUT2D eigenvalue weighted by atomic mass is 32.1. The highest BCUT2D eigenvalue weighted by Gasteiger charge is 2.23. The van der Waals surface area contributed by atoms with E-state index < -0.39 is 0 Å². The summed E-state index contributed by atoms with van der Waals surface area (Å²) in [6.07, 6.45) is 5.01. The summed E-state index contributed by atoms with van der Waals surface area (Å²) in [6.45, 7) is 4.47. The minimum absolute atomic E-state index is 0.0697. The van der Waals surface area contributed by atoms with Gasteiger partial charge in [0.1, 0.15) is 0 Å². The second kappa shape index (κ2) is 6.53. The van der Waals surface area contributed by atoms with Gasteiger partial charge in [-0.3, -0.25) is 4.79 Å². The van der Waals surface area contributed by atoms with Crippen LogP contribution in [0.2, 0.25) is 0 Å². The molecule has 106 valence electrons. The van der Waals surface area contributed by atoms with Crippen LogP contribution in [0.25, 0.3) is 0 Å². The first-order valence-corrected chi connectivity index (χ1v) is 7.96. The van der Waals surface area contributed by atoms with Crippen molar-refractivity contribution < 1.29 is 9.90 Å². The van der Waals surface area contributed by atoms with Gasteiger partial charge in [-0.1, -0.05) is 6.92 Å². The molecule has 3 nitrogen and oxygen atoms in total. The van der Waals surface area contributed by atoms with E-state index in [0.717, 1.165) is 37.0 Å². The molecule has 0 aliphatic heterocycles. The predicted octanol–water partition coefficient (Wildman–Crippen LogP) is 2.90. The fourth-order valence-electron chi connectivity index (χ4n) is 2.73. The molecule has 0 radical (unpaired) electrons. The van der Waals surface area contributed by atoms with E-state index >= 15 is 0 Å². The Morgan fingerprint density at radius 1 is 1.42 bits per heavy atom. The Balaban J connectivity index is 1.90. The van der Waals surface area contributed by atoms with Crippen molar-refractivity contribution in [1.29, 1.82) is 0 Å². The zero-order chi connectivity index (χ0) is 13.8. The van der Waals surface area contributed by atoms with Crippen LogP contribution >= 0.6 is 11.3 Å². The maximum Gasteiger partial charge on any atom is 0.261 e. The molecule has 1 aromatic heterocycles. The van der Waals surface area contributed by atoms with Crippen LogP contribution in [0.15, 0.2) is 6.07 Å². The normalized spacial score (nSPS) is 23.3. The topological polar surface area (TPSA) is 49.3 Å². The quantitative estimate of drug-likeness (QED) is 0.891. The average Bonchev–Trinajstić information content (AvgIpc) is 2.81. The summed E-state index contributed by atoms with van der Waals surface area (Å²) >= 11 is 1.61. The van der Waals surface area contributed by atoms with E-state index in [-0.39, 0.29) is 18.6 Å². The smallest absolute Gasteiger partial charge is 0.261 e. The molecule has 0 atom stereocenters. The Bertz CT molecular complexity index is 433. The lowest BCUT2D eigenvalue weighted by Crippen LogP contribution is -2.37. The van der Waals surface area contributed by atoms with Crippen molar-refractivity contribution >= 4 is 17.2 Å². The number of thiophene rings is 1. The molecule has 1 amide bonds. The molecule has 19 heavy (non-hydrogen) atoms. The third kappa shape index (κ3) is 3.57. The first-order chi connectivity index (χ1) is 9.13. The Morgan fingerprint density at radius 3 is 2.63 bits per heavy atom. The number of hydrogen-bond donors (Lipinski definition) is 2. The molecule has 1 aliphatic rings.